The Balaban J connectivity index is 2.48. The van der Waals surface area contributed by atoms with Gasteiger partial charge in [0.25, 0.3) is 0 Å². The fraction of sp³-hybridized carbons (Fsp3) is 0.667. The molecular weight excluding hydrogens is 231 g/mol. The maximum atomic E-state index is 12.2. The summed E-state index contributed by atoms with van der Waals surface area (Å²) >= 11 is 0. The minimum Gasteiger partial charge on any atom is -0.379 e. The molecule has 1 atom stereocenters. The highest BCUT2D eigenvalue weighted by molar-refractivity contribution is 5.15. The molecule has 5 heteroatoms. The average molecular weight is 249 g/mol. The topological polar surface area (TPSA) is 25.2 Å². The van der Waals surface area contributed by atoms with E-state index in [0.717, 1.165) is 25.7 Å². The lowest BCUT2D eigenvalue weighted by Gasteiger charge is -2.12. The van der Waals surface area contributed by atoms with Crippen LogP contribution in [-0.2, 0) is 6.54 Å². The van der Waals surface area contributed by atoms with E-state index < -0.39 is 12.3 Å². The van der Waals surface area contributed by atoms with Gasteiger partial charge in [-0.25, -0.2) is 0 Å². The van der Waals surface area contributed by atoms with Gasteiger partial charge in [0.15, 0.2) is 6.10 Å². The third-order valence-electron chi connectivity index (χ3n) is 2.67. The van der Waals surface area contributed by atoms with Crippen molar-refractivity contribution in [3.63, 3.8) is 0 Å². The molecule has 1 heterocycles. The molecule has 17 heavy (non-hydrogen) atoms. The first-order valence-corrected chi connectivity index (χ1v) is 5.85. The van der Waals surface area contributed by atoms with Crippen molar-refractivity contribution in [1.82, 2.24) is 4.57 Å². The number of alkyl halides is 3. The van der Waals surface area contributed by atoms with Gasteiger partial charge in [-0.2, -0.15) is 13.2 Å². The van der Waals surface area contributed by atoms with Gasteiger partial charge in [0.1, 0.15) is 0 Å². The van der Waals surface area contributed by atoms with Gasteiger partial charge in [-0.15, -0.1) is 0 Å². The van der Waals surface area contributed by atoms with Crippen LogP contribution in [0.15, 0.2) is 18.5 Å². The Morgan fingerprint density at radius 2 is 2.00 bits per heavy atom. The van der Waals surface area contributed by atoms with E-state index in [2.05, 4.69) is 6.92 Å². The quantitative estimate of drug-likeness (QED) is 0.765. The molecule has 1 aromatic rings. The van der Waals surface area contributed by atoms with Crippen molar-refractivity contribution < 1.29 is 18.3 Å². The fourth-order valence-corrected chi connectivity index (χ4v) is 1.67. The average Bonchev–Trinajstić information content (AvgIpc) is 2.70. The molecule has 0 aromatic carbocycles. The normalized spacial score (nSPS) is 13.9. The molecule has 0 spiro atoms. The largest absolute Gasteiger partial charge is 0.418 e. The molecule has 98 valence electrons. The highest BCUT2D eigenvalue weighted by Crippen LogP contribution is 2.32. The second-order valence-corrected chi connectivity index (χ2v) is 4.19. The molecule has 0 aliphatic rings. The molecule has 1 aromatic heterocycles. The molecule has 0 radical (unpaired) electrons. The van der Waals surface area contributed by atoms with Gasteiger partial charge in [-0.1, -0.05) is 26.2 Å². The molecular formula is C12H18F3NO. The zero-order valence-electron chi connectivity index (χ0n) is 9.87. The molecule has 1 unspecified atom stereocenters. The van der Waals surface area contributed by atoms with Crippen LogP contribution in [0, 0.1) is 0 Å². The predicted octanol–water partition coefficient (Wildman–Crippen LogP) is 3.66. The summed E-state index contributed by atoms with van der Waals surface area (Å²) in [4.78, 5) is 0. The van der Waals surface area contributed by atoms with Gasteiger partial charge in [0.05, 0.1) is 0 Å². The third-order valence-corrected chi connectivity index (χ3v) is 2.67. The number of aliphatic hydroxyl groups is 1. The predicted molar refractivity (Wildman–Crippen MR) is 59.6 cm³/mol. The summed E-state index contributed by atoms with van der Waals surface area (Å²) in [6, 6.07) is 1.32. The van der Waals surface area contributed by atoms with E-state index in [4.69, 9.17) is 5.11 Å². The molecule has 1 N–H and O–H groups in total. The number of halogens is 3. The second-order valence-electron chi connectivity index (χ2n) is 4.19. The third kappa shape index (κ3) is 4.42. The van der Waals surface area contributed by atoms with Crippen LogP contribution in [0.3, 0.4) is 0 Å². The van der Waals surface area contributed by atoms with E-state index in [1.807, 2.05) is 0 Å². The highest BCUT2D eigenvalue weighted by atomic mass is 19.4. The van der Waals surface area contributed by atoms with Crippen LogP contribution in [0.1, 0.15) is 44.3 Å². The van der Waals surface area contributed by atoms with Gasteiger partial charge in [-0.3, -0.25) is 0 Å². The second kappa shape index (κ2) is 6.10. The molecule has 2 nitrogen and oxygen atoms in total. The van der Waals surface area contributed by atoms with Gasteiger partial charge in [0, 0.05) is 24.5 Å². The summed E-state index contributed by atoms with van der Waals surface area (Å²) < 4.78 is 38.4. The number of aliphatic hydroxyl groups excluding tert-OH is 1. The highest BCUT2D eigenvalue weighted by Gasteiger charge is 2.39. The van der Waals surface area contributed by atoms with Gasteiger partial charge in [0.2, 0.25) is 0 Å². The first-order chi connectivity index (χ1) is 7.95. The Kier molecular flexibility index (Phi) is 5.05. The van der Waals surface area contributed by atoms with Crippen LogP contribution in [0.2, 0.25) is 0 Å². The number of unbranched alkanes of at least 4 members (excludes halogenated alkanes) is 3. The van der Waals surface area contributed by atoms with E-state index in [0.29, 0.717) is 6.54 Å². The Morgan fingerprint density at radius 1 is 1.29 bits per heavy atom. The van der Waals surface area contributed by atoms with E-state index >= 15 is 0 Å². The molecule has 0 amide bonds. The zero-order chi connectivity index (χ0) is 12.9. The number of aryl methyl sites for hydroxylation is 1. The maximum absolute atomic E-state index is 12.2. The minimum atomic E-state index is -4.59. The molecule has 0 bridgehead atoms. The number of nitrogens with zero attached hydrogens (tertiary/aromatic N) is 1. The fourth-order valence-electron chi connectivity index (χ4n) is 1.67. The number of aromatic nitrogens is 1. The lowest BCUT2D eigenvalue weighted by molar-refractivity contribution is -0.206. The standard InChI is InChI=1S/C12H18F3NO/c1-2-3-4-5-7-16-8-6-10(9-16)11(17)12(13,14)15/h6,8-9,11,17H,2-5,7H2,1H3. The summed E-state index contributed by atoms with van der Waals surface area (Å²) in [5.74, 6) is 0. The lowest BCUT2D eigenvalue weighted by Crippen LogP contribution is -2.19. The van der Waals surface area contributed by atoms with E-state index in [1.54, 1.807) is 10.8 Å². The SMILES string of the molecule is CCCCCCn1ccc(C(O)C(F)(F)F)c1. The Morgan fingerprint density at radius 3 is 2.59 bits per heavy atom. The van der Waals surface area contributed by atoms with Gasteiger partial charge in [-0.05, 0) is 12.5 Å². The summed E-state index contributed by atoms with van der Waals surface area (Å²) in [5, 5.41) is 9.04. The van der Waals surface area contributed by atoms with E-state index in [-0.39, 0.29) is 5.56 Å². The van der Waals surface area contributed by atoms with Crippen LogP contribution in [-0.4, -0.2) is 15.8 Å². The monoisotopic (exact) mass is 249 g/mol. The van der Waals surface area contributed by atoms with Crippen molar-refractivity contribution in [1.29, 1.82) is 0 Å². The van der Waals surface area contributed by atoms with Crippen LogP contribution in [0.4, 0.5) is 13.2 Å². The minimum absolute atomic E-state index is 0.0898. The van der Waals surface area contributed by atoms with Gasteiger partial charge >= 0.3 is 6.18 Å². The van der Waals surface area contributed by atoms with Crippen LogP contribution in [0.5, 0.6) is 0 Å². The lowest BCUT2D eigenvalue weighted by atomic mass is 10.2. The van der Waals surface area contributed by atoms with Gasteiger partial charge < -0.3 is 9.67 Å². The molecule has 0 saturated heterocycles. The molecule has 0 fully saturated rings. The molecule has 0 aliphatic heterocycles. The number of hydrogen-bond donors (Lipinski definition) is 1. The van der Waals surface area contributed by atoms with Crippen molar-refractivity contribution in [2.24, 2.45) is 0 Å². The van der Waals surface area contributed by atoms with E-state index in [9.17, 15) is 13.2 Å². The molecule has 1 rings (SSSR count). The van der Waals surface area contributed by atoms with Crippen LogP contribution in [0.25, 0.3) is 0 Å². The van der Waals surface area contributed by atoms with Crippen molar-refractivity contribution in [2.75, 3.05) is 0 Å². The summed E-state index contributed by atoms with van der Waals surface area (Å²) in [6.45, 7) is 2.80. The van der Waals surface area contributed by atoms with Crippen molar-refractivity contribution in [3.8, 4) is 0 Å². The number of hydrogen-bond acceptors (Lipinski definition) is 1. The first kappa shape index (κ1) is 14.1. The summed E-state index contributed by atoms with van der Waals surface area (Å²) in [6.07, 6.45) is 0.271. The Bertz CT molecular complexity index is 333. The van der Waals surface area contributed by atoms with Crippen LogP contribution >= 0.6 is 0 Å². The number of rotatable bonds is 6. The van der Waals surface area contributed by atoms with E-state index in [1.165, 1.54) is 12.3 Å². The summed E-state index contributed by atoms with van der Waals surface area (Å²) in [5.41, 5.74) is -0.0898. The van der Waals surface area contributed by atoms with Crippen molar-refractivity contribution >= 4 is 0 Å². The smallest absolute Gasteiger partial charge is 0.379 e. The maximum Gasteiger partial charge on any atom is 0.418 e. The van der Waals surface area contributed by atoms with Crippen molar-refractivity contribution in [3.05, 3.63) is 24.0 Å². The van der Waals surface area contributed by atoms with Crippen molar-refractivity contribution in [2.45, 2.75) is 51.4 Å². The Labute approximate surface area is 99.1 Å². The van der Waals surface area contributed by atoms with Crippen LogP contribution < -0.4 is 0 Å². The molecule has 0 saturated carbocycles. The zero-order valence-corrected chi connectivity index (χ0v) is 9.87. The summed E-state index contributed by atoms with van der Waals surface area (Å²) in [7, 11) is 0. The molecule has 0 aliphatic carbocycles. The first-order valence-electron chi connectivity index (χ1n) is 5.85. The Hall–Kier alpha value is -0.970.